The highest BCUT2D eigenvalue weighted by molar-refractivity contribution is 4.64. The summed E-state index contributed by atoms with van der Waals surface area (Å²) in [7, 11) is 6.64. The molecule has 0 aromatic carbocycles. The van der Waals surface area contributed by atoms with E-state index >= 15 is 0 Å². The van der Waals surface area contributed by atoms with E-state index in [1.807, 2.05) is 6.92 Å². The SMILES string of the molecule is COC(C[C@H](C[C@@H](C)OC)OC)OC. The molecule has 0 radical (unpaired) electrons. The molecule has 0 rings (SSSR count). The van der Waals surface area contributed by atoms with Gasteiger partial charge in [0.15, 0.2) is 6.29 Å². The quantitative estimate of drug-likeness (QED) is 0.563. The molecule has 0 unspecified atom stereocenters. The van der Waals surface area contributed by atoms with Crippen molar-refractivity contribution in [2.24, 2.45) is 0 Å². The van der Waals surface area contributed by atoms with Gasteiger partial charge in [0.2, 0.25) is 0 Å². The summed E-state index contributed by atoms with van der Waals surface area (Å²) in [6.07, 6.45) is 1.65. The summed E-state index contributed by atoms with van der Waals surface area (Å²) in [5.74, 6) is 0. The second-order valence-electron chi connectivity index (χ2n) is 3.28. The molecule has 0 bridgehead atoms. The van der Waals surface area contributed by atoms with Crippen LogP contribution < -0.4 is 0 Å². The number of hydrogen-bond acceptors (Lipinski definition) is 4. The highest BCUT2D eigenvalue weighted by Gasteiger charge is 2.17. The van der Waals surface area contributed by atoms with Crippen LogP contribution >= 0.6 is 0 Å². The van der Waals surface area contributed by atoms with Crippen molar-refractivity contribution in [3.63, 3.8) is 0 Å². The van der Waals surface area contributed by atoms with Crippen molar-refractivity contribution in [3.05, 3.63) is 0 Å². The second-order valence-corrected chi connectivity index (χ2v) is 3.28. The van der Waals surface area contributed by atoms with E-state index in [1.54, 1.807) is 28.4 Å². The van der Waals surface area contributed by atoms with Crippen molar-refractivity contribution in [2.45, 2.75) is 38.3 Å². The summed E-state index contributed by atoms with van der Waals surface area (Å²) in [6.45, 7) is 2.01. The topological polar surface area (TPSA) is 36.9 Å². The van der Waals surface area contributed by atoms with E-state index in [0.29, 0.717) is 0 Å². The molecular weight excluding hydrogens is 184 g/mol. The van der Waals surface area contributed by atoms with E-state index in [0.717, 1.165) is 12.8 Å². The Bertz CT molecular complexity index is 125. The van der Waals surface area contributed by atoms with Gasteiger partial charge in [0, 0.05) is 34.9 Å². The third kappa shape index (κ3) is 5.54. The summed E-state index contributed by atoms with van der Waals surface area (Å²) in [4.78, 5) is 0. The third-order valence-corrected chi connectivity index (χ3v) is 2.31. The van der Waals surface area contributed by atoms with Gasteiger partial charge in [-0.2, -0.15) is 0 Å². The molecule has 0 aliphatic heterocycles. The highest BCUT2D eigenvalue weighted by Crippen LogP contribution is 2.12. The molecular formula is C10H22O4. The summed E-state index contributed by atoms with van der Waals surface area (Å²) in [5.41, 5.74) is 0. The van der Waals surface area contributed by atoms with Crippen molar-refractivity contribution in [1.82, 2.24) is 0 Å². The summed E-state index contributed by atoms with van der Waals surface area (Å²) in [6, 6.07) is 0. The fourth-order valence-electron chi connectivity index (χ4n) is 1.26. The normalized spacial score (nSPS) is 15.9. The predicted molar refractivity (Wildman–Crippen MR) is 54.3 cm³/mol. The monoisotopic (exact) mass is 206 g/mol. The fourth-order valence-corrected chi connectivity index (χ4v) is 1.26. The van der Waals surface area contributed by atoms with Gasteiger partial charge in [0.25, 0.3) is 0 Å². The summed E-state index contributed by atoms with van der Waals surface area (Å²) < 4.78 is 20.7. The predicted octanol–water partition coefficient (Wildman–Crippen LogP) is 1.44. The molecule has 4 heteroatoms. The Morgan fingerprint density at radius 1 is 0.786 bits per heavy atom. The van der Waals surface area contributed by atoms with Gasteiger partial charge in [-0.05, 0) is 13.3 Å². The van der Waals surface area contributed by atoms with Gasteiger partial charge < -0.3 is 18.9 Å². The van der Waals surface area contributed by atoms with E-state index < -0.39 is 0 Å². The van der Waals surface area contributed by atoms with E-state index in [4.69, 9.17) is 18.9 Å². The van der Waals surface area contributed by atoms with E-state index in [-0.39, 0.29) is 18.5 Å². The van der Waals surface area contributed by atoms with E-state index in [1.165, 1.54) is 0 Å². The lowest BCUT2D eigenvalue weighted by Crippen LogP contribution is -2.26. The van der Waals surface area contributed by atoms with Crippen molar-refractivity contribution < 1.29 is 18.9 Å². The first-order chi connectivity index (χ1) is 6.67. The van der Waals surface area contributed by atoms with Gasteiger partial charge in [0.05, 0.1) is 12.2 Å². The van der Waals surface area contributed by atoms with Gasteiger partial charge in [-0.15, -0.1) is 0 Å². The van der Waals surface area contributed by atoms with Crippen molar-refractivity contribution in [3.8, 4) is 0 Å². The maximum Gasteiger partial charge on any atom is 0.159 e. The molecule has 0 aromatic heterocycles. The van der Waals surface area contributed by atoms with Gasteiger partial charge in [-0.3, -0.25) is 0 Å². The van der Waals surface area contributed by atoms with Crippen LogP contribution in [0.2, 0.25) is 0 Å². The van der Waals surface area contributed by atoms with Crippen LogP contribution in [-0.2, 0) is 18.9 Å². The second kappa shape index (κ2) is 8.17. The number of methoxy groups -OCH3 is 4. The molecule has 0 aliphatic carbocycles. The molecule has 14 heavy (non-hydrogen) atoms. The number of ether oxygens (including phenoxy) is 4. The molecule has 0 aromatic rings. The molecule has 0 N–H and O–H groups in total. The van der Waals surface area contributed by atoms with Gasteiger partial charge in [-0.1, -0.05) is 0 Å². The molecule has 0 saturated heterocycles. The van der Waals surface area contributed by atoms with Gasteiger partial charge >= 0.3 is 0 Å². The Morgan fingerprint density at radius 3 is 1.71 bits per heavy atom. The number of rotatable bonds is 8. The largest absolute Gasteiger partial charge is 0.382 e. The lowest BCUT2D eigenvalue weighted by atomic mass is 10.1. The fraction of sp³-hybridized carbons (Fsp3) is 1.00. The van der Waals surface area contributed by atoms with Crippen molar-refractivity contribution in [2.75, 3.05) is 28.4 Å². The Kier molecular flexibility index (Phi) is 8.08. The Morgan fingerprint density at radius 2 is 1.36 bits per heavy atom. The van der Waals surface area contributed by atoms with Crippen LogP contribution in [0.1, 0.15) is 19.8 Å². The average molecular weight is 206 g/mol. The molecule has 4 nitrogen and oxygen atoms in total. The summed E-state index contributed by atoms with van der Waals surface area (Å²) >= 11 is 0. The zero-order valence-electron chi connectivity index (χ0n) is 9.78. The molecule has 86 valence electrons. The molecule has 0 heterocycles. The third-order valence-electron chi connectivity index (χ3n) is 2.31. The van der Waals surface area contributed by atoms with Gasteiger partial charge in [-0.25, -0.2) is 0 Å². The van der Waals surface area contributed by atoms with E-state index in [9.17, 15) is 0 Å². The average Bonchev–Trinajstić information content (AvgIpc) is 2.23. The minimum atomic E-state index is -0.205. The lowest BCUT2D eigenvalue weighted by Gasteiger charge is -2.22. The Hall–Kier alpha value is -0.160. The maximum atomic E-state index is 5.32. The summed E-state index contributed by atoms with van der Waals surface area (Å²) in [5, 5.41) is 0. The zero-order valence-corrected chi connectivity index (χ0v) is 9.78. The first-order valence-corrected chi connectivity index (χ1v) is 4.79. The highest BCUT2D eigenvalue weighted by atomic mass is 16.7. The zero-order chi connectivity index (χ0) is 11.0. The molecule has 0 spiro atoms. The van der Waals surface area contributed by atoms with Crippen LogP contribution in [0.3, 0.4) is 0 Å². The Balaban J connectivity index is 3.88. The van der Waals surface area contributed by atoms with Crippen LogP contribution in [-0.4, -0.2) is 46.9 Å². The van der Waals surface area contributed by atoms with Crippen LogP contribution in [0.15, 0.2) is 0 Å². The molecule has 0 aliphatic rings. The Labute approximate surface area is 86.5 Å². The van der Waals surface area contributed by atoms with Crippen LogP contribution in [0, 0.1) is 0 Å². The maximum absolute atomic E-state index is 5.32. The van der Waals surface area contributed by atoms with Crippen molar-refractivity contribution in [1.29, 1.82) is 0 Å². The lowest BCUT2D eigenvalue weighted by molar-refractivity contribution is -0.130. The van der Waals surface area contributed by atoms with Crippen LogP contribution in [0.25, 0.3) is 0 Å². The van der Waals surface area contributed by atoms with E-state index in [2.05, 4.69) is 0 Å². The number of hydrogen-bond donors (Lipinski definition) is 0. The first kappa shape index (κ1) is 13.8. The molecule has 0 amide bonds. The molecule has 2 atom stereocenters. The van der Waals surface area contributed by atoms with Crippen molar-refractivity contribution >= 4 is 0 Å². The smallest absolute Gasteiger partial charge is 0.159 e. The van der Waals surface area contributed by atoms with Crippen LogP contribution in [0.4, 0.5) is 0 Å². The molecule has 0 saturated carbocycles. The molecule has 0 fully saturated rings. The minimum Gasteiger partial charge on any atom is -0.382 e. The van der Waals surface area contributed by atoms with Gasteiger partial charge in [0.1, 0.15) is 0 Å². The van der Waals surface area contributed by atoms with Crippen LogP contribution in [0.5, 0.6) is 0 Å². The minimum absolute atomic E-state index is 0.106. The standard InChI is InChI=1S/C10H22O4/c1-8(11-2)6-9(12-3)7-10(13-4)14-5/h8-10H,6-7H2,1-5H3/t8-,9+/m1/s1. The first-order valence-electron chi connectivity index (χ1n) is 4.79.